The van der Waals surface area contributed by atoms with E-state index in [1.165, 1.54) is 0 Å². The van der Waals surface area contributed by atoms with Crippen molar-refractivity contribution in [3.63, 3.8) is 0 Å². The molecular weight excluding hydrogens is 220 g/mol. The molecule has 0 unspecified atom stereocenters. The number of unbranched alkanes of at least 4 members (excludes halogenated alkanes) is 1. The molecule has 0 radical (unpaired) electrons. The maximum Gasteiger partial charge on any atom is 0.0727 e. The van der Waals surface area contributed by atoms with Crippen molar-refractivity contribution in [2.75, 3.05) is 0 Å². The van der Waals surface area contributed by atoms with Gasteiger partial charge in [-0.25, -0.2) is 0 Å². The SMILES string of the molecule is C=C/C=C/CC/C=C/C=C/C#C/C=C/[C@H](O)CC. The summed E-state index contributed by atoms with van der Waals surface area (Å²) in [6, 6.07) is 0. The average molecular weight is 242 g/mol. The number of aliphatic hydroxyl groups is 1. The summed E-state index contributed by atoms with van der Waals surface area (Å²) in [5.41, 5.74) is 0. The third kappa shape index (κ3) is 12.3. The van der Waals surface area contributed by atoms with E-state index in [0.717, 1.165) is 19.3 Å². The number of allylic oxidation sites excluding steroid dienone is 8. The van der Waals surface area contributed by atoms with E-state index in [9.17, 15) is 5.11 Å². The third-order valence-electron chi connectivity index (χ3n) is 2.10. The fourth-order valence-corrected chi connectivity index (χ4v) is 1.05. The fourth-order valence-electron chi connectivity index (χ4n) is 1.05. The minimum Gasteiger partial charge on any atom is -0.389 e. The Bertz CT molecular complexity index is 372. The van der Waals surface area contributed by atoms with Crippen molar-refractivity contribution < 1.29 is 5.11 Å². The van der Waals surface area contributed by atoms with Crippen LogP contribution in [0.4, 0.5) is 0 Å². The van der Waals surface area contributed by atoms with Crippen LogP contribution in [0.25, 0.3) is 0 Å². The molecule has 0 aliphatic heterocycles. The normalized spacial score (nSPS) is 13.4. The smallest absolute Gasteiger partial charge is 0.0727 e. The monoisotopic (exact) mass is 242 g/mol. The Labute approximate surface area is 111 Å². The Hall–Kier alpha value is -1.78. The highest BCUT2D eigenvalue weighted by Crippen LogP contribution is 1.93. The summed E-state index contributed by atoms with van der Waals surface area (Å²) in [6.07, 6.45) is 19.4. The third-order valence-corrected chi connectivity index (χ3v) is 2.10. The zero-order chi connectivity index (χ0) is 13.5. The Morgan fingerprint density at radius 2 is 1.72 bits per heavy atom. The van der Waals surface area contributed by atoms with Gasteiger partial charge >= 0.3 is 0 Å². The average Bonchev–Trinajstić information content (AvgIpc) is 2.39. The molecule has 0 amide bonds. The minimum atomic E-state index is -0.383. The molecule has 0 aliphatic carbocycles. The summed E-state index contributed by atoms with van der Waals surface area (Å²) in [4.78, 5) is 0. The highest BCUT2D eigenvalue weighted by Gasteiger charge is 1.88. The van der Waals surface area contributed by atoms with Crippen LogP contribution in [0.3, 0.4) is 0 Å². The van der Waals surface area contributed by atoms with Crippen molar-refractivity contribution in [2.45, 2.75) is 32.3 Å². The molecule has 18 heavy (non-hydrogen) atoms. The van der Waals surface area contributed by atoms with Crippen molar-refractivity contribution in [1.82, 2.24) is 0 Å². The fraction of sp³-hybridized carbons (Fsp3) is 0.294. The van der Waals surface area contributed by atoms with E-state index in [-0.39, 0.29) is 6.10 Å². The van der Waals surface area contributed by atoms with Crippen LogP contribution in [0.2, 0.25) is 0 Å². The van der Waals surface area contributed by atoms with Gasteiger partial charge in [-0.15, -0.1) is 0 Å². The van der Waals surface area contributed by atoms with Gasteiger partial charge in [0.15, 0.2) is 0 Å². The summed E-state index contributed by atoms with van der Waals surface area (Å²) in [5.74, 6) is 5.70. The van der Waals surface area contributed by atoms with Crippen molar-refractivity contribution in [1.29, 1.82) is 0 Å². The van der Waals surface area contributed by atoms with Gasteiger partial charge < -0.3 is 5.11 Å². The predicted molar refractivity (Wildman–Crippen MR) is 80.1 cm³/mol. The number of aliphatic hydroxyl groups excluding tert-OH is 1. The lowest BCUT2D eigenvalue weighted by molar-refractivity contribution is 0.219. The summed E-state index contributed by atoms with van der Waals surface area (Å²) >= 11 is 0. The molecule has 1 nitrogen and oxygen atoms in total. The summed E-state index contributed by atoms with van der Waals surface area (Å²) in [7, 11) is 0. The van der Waals surface area contributed by atoms with Crippen LogP contribution in [0, 0.1) is 11.8 Å². The Morgan fingerprint density at radius 1 is 1.06 bits per heavy atom. The van der Waals surface area contributed by atoms with Crippen LogP contribution in [0.15, 0.2) is 61.3 Å². The zero-order valence-electron chi connectivity index (χ0n) is 11.0. The molecule has 0 saturated heterocycles. The molecule has 0 spiro atoms. The van der Waals surface area contributed by atoms with Gasteiger partial charge in [0.05, 0.1) is 6.10 Å². The van der Waals surface area contributed by atoms with E-state index in [4.69, 9.17) is 0 Å². The first-order valence-corrected chi connectivity index (χ1v) is 6.26. The molecule has 0 fully saturated rings. The quantitative estimate of drug-likeness (QED) is 0.407. The summed E-state index contributed by atoms with van der Waals surface area (Å²) in [6.45, 7) is 5.54. The Balaban J connectivity index is 3.73. The first-order chi connectivity index (χ1) is 8.81. The highest BCUT2D eigenvalue weighted by atomic mass is 16.3. The van der Waals surface area contributed by atoms with Crippen molar-refractivity contribution in [3.05, 3.63) is 61.3 Å². The summed E-state index contributed by atoms with van der Waals surface area (Å²) < 4.78 is 0. The van der Waals surface area contributed by atoms with E-state index in [2.05, 4.69) is 30.6 Å². The molecule has 0 aromatic rings. The zero-order valence-corrected chi connectivity index (χ0v) is 11.0. The van der Waals surface area contributed by atoms with Gasteiger partial charge in [0.1, 0.15) is 0 Å². The second kappa shape index (κ2) is 13.3. The van der Waals surface area contributed by atoms with Gasteiger partial charge in [-0.1, -0.05) is 61.8 Å². The molecule has 0 aliphatic rings. The maximum atomic E-state index is 9.22. The highest BCUT2D eigenvalue weighted by molar-refractivity contribution is 5.26. The maximum absolute atomic E-state index is 9.22. The second-order valence-electron chi connectivity index (χ2n) is 3.65. The molecule has 0 saturated carbocycles. The molecule has 1 N–H and O–H groups in total. The van der Waals surface area contributed by atoms with Crippen LogP contribution in [0.1, 0.15) is 26.2 Å². The first kappa shape index (κ1) is 16.2. The molecule has 0 bridgehead atoms. The van der Waals surface area contributed by atoms with E-state index in [1.54, 1.807) is 24.3 Å². The molecule has 1 heteroatoms. The lowest BCUT2D eigenvalue weighted by Gasteiger charge is -1.95. The summed E-state index contributed by atoms with van der Waals surface area (Å²) in [5, 5.41) is 9.22. The van der Waals surface area contributed by atoms with Gasteiger partial charge in [0.25, 0.3) is 0 Å². The van der Waals surface area contributed by atoms with Crippen LogP contribution in [-0.4, -0.2) is 11.2 Å². The van der Waals surface area contributed by atoms with Crippen LogP contribution in [-0.2, 0) is 0 Å². The molecule has 1 atom stereocenters. The molecule has 0 aromatic carbocycles. The van der Waals surface area contributed by atoms with E-state index in [0.29, 0.717) is 0 Å². The van der Waals surface area contributed by atoms with Gasteiger partial charge in [-0.05, 0) is 37.5 Å². The largest absolute Gasteiger partial charge is 0.389 e. The number of hydrogen-bond donors (Lipinski definition) is 1. The van der Waals surface area contributed by atoms with Gasteiger partial charge in [0.2, 0.25) is 0 Å². The standard InChI is InChI=1S/C17H22O/c1-3-5-6-7-8-9-10-11-12-13-14-15-16-17(18)4-2/h3,5-6,9-12,15-18H,1,4,7-8H2,2H3/b6-5+,10-9+,12-11+,16-15+/t17-/m1/s1. The minimum absolute atomic E-state index is 0.383. The molecule has 96 valence electrons. The van der Waals surface area contributed by atoms with Gasteiger partial charge in [-0.2, -0.15) is 0 Å². The van der Waals surface area contributed by atoms with Gasteiger partial charge in [0, 0.05) is 0 Å². The van der Waals surface area contributed by atoms with Crippen LogP contribution >= 0.6 is 0 Å². The molecule has 0 heterocycles. The molecule has 0 rings (SSSR count). The lowest BCUT2D eigenvalue weighted by Crippen LogP contribution is -1.97. The van der Waals surface area contributed by atoms with Gasteiger partial charge in [-0.3, -0.25) is 0 Å². The number of hydrogen-bond acceptors (Lipinski definition) is 1. The van der Waals surface area contributed by atoms with Crippen molar-refractivity contribution >= 4 is 0 Å². The predicted octanol–water partition coefficient (Wildman–Crippen LogP) is 3.95. The molecule has 0 aromatic heterocycles. The van der Waals surface area contributed by atoms with Crippen molar-refractivity contribution in [2.24, 2.45) is 0 Å². The number of rotatable bonds is 7. The van der Waals surface area contributed by atoms with E-state index < -0.39 is 0 Å². The molecular formula is C17H22O. The lowest BCUT2D eigenvalue weighted by atomic mass is 10.2. The topological polar surface area (TPSA) is 20.2 Å². The van der Waals surface area contributed by atoms with Crippen LogP contribution < -0.4 is 0 Å². The van der Waals surface area contributed by atoms with Crippen LogP contribution in [0.5, 0.6) is 0 Å². The van der Waals surface area contributed by atoms with E-state index >= 15 is 0 Å². The first-order valence-electron chi connectivity index (χ1n) is 6.26. The Kier molecular flexibility index (Phi) is 12.0. The van der Waals surface area contributed by atoms with E-state index in [1.807, 2.05) is 25.2 Å². The van der Waals surface area contributed by atoms with Crippen molar-refractivity contribution in [3.8, 4) is 11.8 Å². The second-order valence-corrected chi connectivity index (χ2v) is 3.65. The Morgan fingerprint density at radius 3 is 2.39 bits per heavy atom.